The zero-order valence-corrected chi connectivity index (χ0v) is 12.2. The summed E-state index contributed by atoms with van der Waals surface area (Å²) in [4.78, 5) is 16.6. The molecule has 2 rings (SSSR count). The zero-order chi connectivity index (χ0) is 14.5. The Balaban J connectivity index is 2.54. The highest BCUT2D eigenvalue weighted by atomic mass is 16.5. The maximum absolute atomic E-state index is 12.0. The quantitative estimate of drug-likeness (QED) is 0.823. The minimum absolute atomic E-state index is 0.241. The summed E-state index contributed by atoms with van der Waals surface area (Å²) in [5, 5.41) is 3.29. The number of esters is 1. The Labute approximate surface area is 118 Å². The number of carbonyl (C=O) groups excluding carboxylic acids is 1. The first-order valence-corrected chi connectivity index (χ1v) is 7.01. The highest BCUT2D eigenvalue weighted by Crippen LogP contribution is 2.27. The number of para-hydroxylation sites is 2. The van der Waals surface area contributed by atoms with Gasteiger partial charge in [-0.15, -0.1) is 0 Å². The number of hydrogen-bond acceptors (Lipinski definition) is 4. The number of aromatic nitrogens is 2. The number of methoxy groups -OCH3 is 1. The van der Waals surface area contributed by atoms with Gasteiger partial charge in [-0.1, -0.05) is 26.0 Å². The molecule has 1 unspecified atom stereocenters. The van der Waals surface area contributed by atoms with Crippen molar-refractivity contribution in [1.29, 1.82) is 0 Å². The molecule has 1 heterocycles. The molecule has 0 aliphatic heterocycles. The van der Waals surface area contributed by atoms with Gasteiger partial charge in [-0.25, -0.2) is 9.78 Å². The first-order valence-electron chi connectivity index (χ1n) is 7.01. The highest BCUT2D eigenvalue weighted by Gasteiger charge is 2.24. The number of imidazole rings is 1. The molecule has 108 valence electrons. The number of carbonyl (C=O) groups is 1. The summed E-state index contributed by atoms with van der Waals surface area (Å²) in [7, 11) is 1.42. The molecule has 0 fully saturated rings. The summed E-state index contributed by atoms with van der Waals surface area (Å²) in [6.45, 7) is 4.89. The Morgan fingerprint density at radius 3 is 2.80 bits per heavy atom. The minimum atomic E-state index is -0.355. The van der Waals surface area contributed by atoms with Crippen molar-refractivity contribution in [2.75, 3.05) is 19.0 Å². The van der Waals surface area contributed by atoms with Crippen molar-refractivity contribution in [2.24, 2.45) is 0 Å². The van der Waals surface area contributed by atoms with E-state index in [-0.39, 0.29) is 12.0 Å². The topological polar surface area (TPSA) is 56.2 Å². The van der Waals surface area contributed by atoms with Gasteiger partial charge in [-0.2, -0.15) is 0 Å². The molecule has 0 saturated heterocycles. The van der Waals surface area contributed by atoms with E-state index >= 15 is 0 Å². The molecule has 1 atom stereocenters. The predicted molar refractivity (Wildman–Crippen MR) is 79.9 cm³/mol. The fourth-order valence-electron chi connectivity index (χ4n) is 2.31. The first kappa shape index (κ1) is 14.4. The number of anilines is 1. The lowest BCUT2D eigenvalue weighted by atomic mass is 10.2. The van der Waals surface area contributed by atoms with Gasteiger partial charge in [0.25, 0.3) is 0 Å². The third kappa shape index (κ3) is 2.61. The molecule has 0 amide bonds. The summed E-state index contributed by atoms with van der Waals surface area (Å²) in [6.07, 6.45) is 1.66. The molecule has 1 aromatic carbocycles. The fraction of sp³-hybridized carbons (Fsp3) is 0.467. The van der Waals surface area contributed by atoms with Gasteiger partial charge in [0.2, 0.25) is 5.95 Å². The fourth-order valence-corrected chi connectivity index (χ4v) is 2.31. The number of nitrogens with zero attached hydrogens (tertiary/aromatic N) is 2. The van der Waals surface area contributed by atoms with Crippen LogP contribution in [-0.4, -0.2) is 29.2 Å². The molecule has 1 N–H and O–H groups in total. The van der Waals surface area contributed by atoms with E-state index in [0.29, 0.717) is 6.42 Å². The first-order chi connectivity index (χ1) is 9.72. The van der Waals surface area contributed by atoms with Crippen molar-refractivity contribution in [2.45, 2.75) is 32.7 Å². The standard InChI is InChI=1S/C15H21N3O2/c1-4-10-16-15-17-11-8-6-7-9-13(11)18(15)12(5-2)14(19)20-3/h6-9,12H,4-5,10H2,1-3H3,(H,16,17). The SMILES string of the molecule is CCCNc1nc2ccccc2n1C(CC)C(=O)OC. The second-order valence-electron chi connectivity index (χ2n) is 4.67. The van der Waals surface area contributed by atoms with Crippen molar-refractivity contribution in [3.8, 4) is 0 Å². The van der Waals surface area contributed by atoms with Crippen LogP contribution in [0.15, 0.2) is 24.3 Å². The van der Waals surface area contributed by atoms with Gasteiger partial charge in [-0.05, 0) is 25.0 Å². The van der Waals surface area contributed by atoms with Crippen LogP contribution in [0.3, 0.4) is 0 Å². The molecule has 0 spiro atoms. The van der Waals surface area contributed by atoms with E-state index in [1.807, 2.05) is 35.8 Å². The molecule has 0 saturated carbocycles. The largest absolute Gasteiger partial charge is 0.467 e. The third-order valence-electron chi connectivity index (χ3n) is 3.30. The van der Waals surface area contributed by atoms with Crippen molar-refractivity contribution in [3.05, 3.63) is 24.3 Å². The molecule has 0 aliphatic rings. The summed E-state index contributed by atoms with van der Waals surface area (Å²) in [5.41, 5.74) is 1.83. The molecule has 0 bridgehead atoms. The molecular formula is C15H21N3O2. The van der Waals surface area contributed by atoms with Gasteiger partial charge in [0.1, 0.15) is 6.04 Å². The van der Waals surface area contributed by atoms with Gasteiger partial charge in [0.05, 0.1) is 18.1 Å². The van der Waals surface area contributed by atoms with Crippen molar-refractivity contribution < 1.29 is 9.53 Å². The molecular weight excluding hydrogens is 254 g/mol. The number of benzene rings is 1. The van der Waals surface area contributed by atoms with E-state index in [4.69, 9.17) is 4.74 Å². The zero-order valence-electron chi connectivity index (χ0n) is 12.2. The normalized spacial score (nSPS) is 12.3. The maximum Gasteiger partial charge on any atom is 0.328 e. The summed E-state index contributed by atoms with van der Waals surface area (Å²) >= 11 is 0. The van der Waals surface area contributed by atoms with Gasteiger partial charge in [0.15, 0.2) is 0 Å². The van der Waals surface area contributed by atoms with E-state index in [2.05, 4.69) is 17.2 Å². The lowest BCUT2D eigenvalue weighted by molar-refractivity contribution is -0.144. The van der Waals surface area contributed by atoms with Crippen LogP contribution in [-0.2, 0) is 9.53 Å². The average molecular weight is 275 g/mol. The van der Waals surface area contributed by atoms with Crippen molar-refractivity contribution in [1.82, 2.24) is 9.55 Å². The second kappa shape index (κ2) is 6.41. The van der Waals surface area contributed by atoms with Crippen LogP contribution in [0.1, 0.15) is 32.7 Å². The number of hydrogen-bond donors (Lipinski definition) is 1. The second-order valence-corrected chi connectivity index (χ2v) is 4.67. The molecule has 5 nitrogen and oxygen atoms in total. The molecule has 0 radical (unpaired) electrons. The molecule has 1 aromatic heterocycles. The van der Waals surface area contributed by atoms with E-state index in [1.54, 1.807) is 0 Å². The van der Waals surface area contributed by atoms with E-state index in [0.717, 1.165) is 29.9 Å². The van der Waals surface area contributed by atoms with Crippen molar-refractivity contribution in [3.63, 3.8) is 0 Å². The predicted octanol–water partition coefficient (Wildman–Crippen LogP) is 2.98. The lowest BCUT2D eigenvalue weighted by Gasteiger charge is -2.18. The number of nitrogens with one attached hydrogen (secondary N) is 1. The maximum atomic E-state index is 12.0. The third-order valence-corrected chi connectivity index (χ3v) is 3.30. The Hall–Kier alpha value is -2.04. The Morgan fingerprint density at radius 2 is 2.15 bits per heavy atom. The highest BCUT2D eigenvalue weighted by molar-refractivity contribution is 5.83. The minimum Gasteiger partial charge on any atom is -0.467 e. The smallest absolute Gasteiger partial charge is 0.328 e. The van der Waals surface area contributed by atoms with Crippen LogP contribution in [0.2, 0.25) is 0 Å². The van der Waals surface area contributed by atoms with Gasteiger partial charge in [0, 0.05) is 6.54 Å². The van der Waals surface area contributed by atoms with Gasteiger partial charge >= 0.3 is 5.97 Å². The summed E-state index contributed by atoms with van der Waals surface area (Å²) in [6, 6.07) is 7.47. The molecule has 0 aliphatic carbocycles. The number of ether oxygens (including phenoxy) is 1. The van der Waals surface area contributed by atoms with E-state index in [9.17, 15) is 4.79 Å². The Kier molecular flexibility index (Phi) is 4.61. The number of fused-ring (bicyclic) bond motifs is 1. The summed E-state index contributed by atoms with van der Waals surface area (Å²) < 4.78 is 6.86. The van der Waals surface area contributed by atoms with Crippen LogP contribution >= 0.6 is 0 Å². The molecule has 20 heavy (non-hydrogen) atoms. The lowest BCUT2D eigenvalue weighted by Crippen LogP contribution is -2.22. The monoisotopic (exact) mass is 275 g/mol. The van der Waals surface area contributed by atoms with Crippen molar-refractivity contribution >= 4 is 23.0 Å². The molecule has 5 heteroatoms. The molecule has 2 aromatic rings. The van der Waals surface area contributed by atoms with E-state index < -0.39 is 0 Å². The van der Waals surface area contributed by atoms with Crippen LogP contribution in [0.4, 0.5) is 5.95 Å². The van der Waals surface area contributed by atoms with E-state index in [1.165, 1.54) is 7.11 Å². The number of rotatable bonds is 6. The van der Waals surface area contributed by atoms with Crippen LogP contribution < -0.4 is 5.32 Å². The van der Waals surface area contributed by atoms with Crippen LogP contribution in [0, 0.1) is 0 Å². The van der Waals surface area contributed by atoms with Gasteiger partial charge in [-0.3, -0.25) is 4.57 Å². The van der Waals surface area contributed by atoms with Crippen LogP contribution in [0.5, 0.6) is 0 Å². The average Bonchev–Trinajstić information content (AvgIpc) is 2.84. The Bertz CT molecular complexity index is 592. The summed E-state index contributed by atoms with van der Waals surface area (Å²) in [5.74, 6) is 0.487. The van der Waals surface area contributed by atoms with Crippen LogP contribution in [0.25, 0.3) is 11.0 Å². The van der Waals surface area contributed by atoms with Gasteiger partial charge < -0.3 is 10.1 Å². The Morgan fingerprint density at radius 1 is 1.40 bits per heavy atom.